The van der Waals surface area contributed by atoms with Gasteiger partial charge in [0.15, 0.2) is 11.5 Å². The van der Waals surface area contributed by atoms with Crippen LogP contribution in [-0.2, 0) is 4.79 Å². The van der Waals surface area contributed by atoms with E-state index in [1.807, 2.05) is 0 Å². The zero-order valence-corrected chi connectivity index (χ0v) is 13.1. The molecule has 128 valence electrons. The van der Waals surface area contributed by atoms with Gasteiger partial charge in [0.25, 0.3) is 5.91 Å². The lowest BCUT2D eigenvalue weighted by Gasteiger charge is -2.25. The second kappa shape index (κ2) is 7.75. The minimum Gasteiger partial charge on any atom is -0.493 e. The van der Waals surface area contributed by atoms with Crippen LogP contribution in [-0.4, -0.2) is 36.2 Å². The average Bonchev–Trinajstić information content (AvgIpc) is 2.44. The molecule has 0 heterocycles. The van der Waals surface area contributed by atoms with Crippen molar-refractivity contribution in [2.75, 3.05) is 7.11 Å². The summed E-state index contributed by atoms with van der Waals surface area (Å²) < 4.78 is 33.7. The standard InChI is InChI=1S/C15H19F2NO5/c1-15(2,7-6-12(19)20)18-13(21)9-4-5-10(23-14(16)17)11(8-9)22-3/h4-5,8,14H,6-7H2,1-3H3,(H,18,21)(H,19,20). The summed E-state index contributed by atoms with van der Waals surface area (Å²) in [5, 5.41) is 11.4. The van der Waals surface area contributed by atoms with Crippen LogP contribution in [0.3, 0.4) is 0 Å². The number of methoxy groups -OCH3 is 1. The molecule has 8 heteroatoms. The summed E-state index contributed by atoms with van der Waals surface area (Å²) in [5.74, 6) is -1.60. The third-order valence-corrected chi connectivity index (χ3v) is 3.06. The van der Waals surface area contributed by atoms with Crippen molar-refractivity contribution in [2.24, 2.45) is 0 Å². The van der Waals surface area contributed by atoms with E-state index >= 15 is 0 Å². The van der Waals surface area contributed by atoms with Gasteiger partial charge in [0.2, 0.25) is 0 Å². The highest BCUT2D eigenvalue weighted by Crippen LogP contribution is 2.29. The molecular weight excluding hydrogens is 312 g/mol. The first kappa shape index (κ1) is 18.7. The van der Waals surface area contributed by atoms with Crippen molar-refractivity contribution in [1.29, 1.82) is 0 Å². The van der Waals surface area contributed by atoms with Gasteiger partial charge in [-0.25, -0.2) is 0 Å². The maximum atomic E-state index is 12.3. The Hall–Kier alpha value is -2.38. The number of ether oxygens (including phenoxy) is 2. The fourth-order valence-electron chi connectivity index (χ4n) is 1.86. The molecule has 1 rings (SSSR count). The largest absolute Gasteiger partial charge is 0.493 e. The molecule has 1 aromatic carbocycles. The van der Waals surface area contributed by atoms with E-state index in [2.05, 4.69) is 10.1 Å². The number of alkyl halides is 2. The molecule has 0 fully saturated rings. The number of carbonyl (C=O) groups is 2. The molecule has 0 aliphatic carbocycles. The van der Waals surface area contributed by atoms with Crippen molar-refractivity contribution >= 4 is 11.9 Å². The van der Waals surface area contributed by atoms with E-state index in [0.717, 1.165) is 0 Å². The number of rotatable bonds is 8. The van der Waals surface area contributed by atoms with Crippen LogP contribution >= 0.6 is 0 Å². The maximum absolute atomic E-state index is 12.3. The van der Waals surface area contributed by atoms with Gasteiger partial charge in [-0.15, -0.1) is 0 Å². The number of carboxylic acid groups (broad SMARTS) is 1. The number of carbonyl (C=O) groups excluding carboxylic acids is 1. The Morgan fingerprint density at radius 1 is 1.30 bits per heavy atom. The minimum absolute atomic E-state index is 0.00120. The first-order valence-corrected chi connectivity index (χ1v) is 6.82. The molecule has 0 radical (unpaired) electrons. The van der Waals surface area contributed by atoms with Crippen molar-refractivity contribution in [3.05, 3.63) is 23.8 Å². The number of hydrogen-bond acceptors (Lipinski definition) is 4. The molecule has 0 spiro atoms. The Balaban J connectivity index is 2.85. The molecule has 1 amide bonds. The fraction of sp³-hybridized carbons (Fsp3) is 0.467. The summed E-state index contributed by atoms with van der Waals surface area (Å²) in [6.45, 7) is 0.386. The maximum Gasteiger partial charge on any atom is 0.387 e. The third-order valence-electron chi connectivity index (χ3n) is 3.06. The van der Waals surface area contributed by atoms with E-state index in [0.29, 0.717) is 0 Å². The summed E-state index contributed by atoms with van der Waals surface area (Å²) in [5.41, 5.74) is -0.548. The smallest absolute Gasteiger partial charge is 0.387 e. The fourth-order valence-corrected chi connectivity index (χ4v) is 1.86. The molecule has 6 nitrogen and oxygen atoms in total. The highest BCUT2D eigenvalue weighted by molar-refractivity contribution is 5.95. The number of aliphatic carboxylic acids is 1. The van der Waals surface area contributed by atoms with E-state index in [-0.39, 0.29) is 29.9 Å². The zero-order valence-electron chi connectivity index (χ0n) is 13.1. The van der Waals surface area contributed by atoms with Crippen LogP contribution in [0.15, 0.2) is 18.2 Å². The van der Waals surface area contributed by atoms with E-state index < -0.39 is 24.0 Å². The second-order valence-corrected chi connectivity index (χ2v) is 5.48. The van der Waals surface area contributed by atoms with Crippen molar-refractivity contribution in [1.82, 2.24) is 5.32 Å². The zero-order chi connectivity index (χ0) is 17.6. The number of halogens is 2. The predicted octanol–water partition coefficient (Wildman–Crippen LogP) is 2.67. The van der Waals surface area contributed by atoms with Crippen LogP contribution in [0.4, 0.5) is 8.78 Å². The van der Waals surface area contributed by atoms with Crippen LogP contribution in [0.5, 0.6) is 11.5 Å². The molecular formula is C15H19F2NO5. The summed E-state index contributed by atoms with van der Waals surface area (Å²) in [6.07, 6.45) is 0.162. The van der Waals surface area contributed by atoms with Gasteiger partial charge in [-0.2, -0.15) is 8.78 Å². The molecule has 0 unspecified atom stereocenters. The van der Waals surface area contributed by atoms with Gasteiger partial charge >= 0.3 is 12.6 Å². The number of hydrogen-bond donors (Lipinski definition) is 2. The predicted molar refractivity (Wildman–Crippen MR) is 78.0 cm³/mol. The van der Waals surface area contributed by atoms with Crippen LogP contribution in [0, 0.1) is 0 Å². The lowest BCUT2D eigenvalue weighted by molar-refractivity contribution is -0.137. The van der Waals surface area contributed by atoms with Crippen LogP contribution in [0.2, 0.25) is 0 Å². The topological polar surface area (TPSA) is 84.9 Å². The molecule has 0 saturated carbocycles. The molecule has 0 aromatic heterocycles. The molecule has 1 aromatic rings. The first-order chi connectivity index (χ1) is 10.6. The molecule has 23 heavy (non-hydrogen) atoms. The van der Waals surface area contributed by atoms with Crippen molar-refractivity contribution < 1.29 is 33.0 Å². The summed E-state index contributed by atoms with van der Waals surface area (Å²) >= 11 is 0. The van der Waals surface area contributed by atoms with Gasteiger partial charge in [-0.3, -0.25) is 9.59 Å². The number of nitrogens with one attached hydrogen (secondary N) is 1. The molecule has 0 aliphatic rings. The SMILES string of the molecule is COc1cc(C(=O)NC(C)(C)CCC(=O)O)ccc1OC(F)F. The monoisotopic (exact) mass is 331 g/mol. The third kappa shape index (κ3) is 6.09. The van der Waals surface area contributed by atoms with E-state index in [1.54, 1.807) is 13.8 Å². The van der Waals surface area contributed by atoms with Gasteiger partial charge in [0.05, 0.1) is 7.11 Å². The van der Waals surface area contributed by atoms with Gasteiger partial charge in [0.1, 0.15) is 0 Å². The normalized spacial score (nSPS) is 11.2. The Bertz CT molecular complexity index is 575. The molecule has 0 atom stereocenters. The van der Waals surface area contributed by atoms with Gasteiger partial charge in [-0.1, -0.05) is 0 Å². The summed E-state index contributed by atoms with van der Waals surface area (Å²) in [4.78, 5) is 22.8. The van der Waals surface area contributed by atoms with Crippen molar-refractivity contribution in [3.63, 3.8) is 0 Å². The van der Waals surface area contributed by atoms with E-state index in [9.17, 15) is 18.4 Å². The average molecular weight is 331 g/mol. The number of benzene rings is 1. The number of amides is 1. The van der Waals surface area contributed by atoms with Crippen molar-refractivity contribution in [2.45, 2.75) is 38.8 Å². The highest BCUT2D eigenvalue weighted by Gasteiger charge is 2.23. The lowest BCUT2D eigenvalue weighted by Crippen LogP contribution is -2.43. The van der Waals surface area contributed by atoms with Crippen LogP contribution in [0.1, 0.15) is 37.0 Å². The van der Waals surface area contributed by atoms with E-state index in [1.165, 1.54) is 25.3 Å². The highest BCUT2D eigenvalue weighted by atomic mass is 19.3. The quantitative estimate of drug-likeness (QED) is 0.765. The summed E-state index contributed by atoms with van der Waals surface area (Å²) in [7, 11) is 1.27. The van der Waals surface area contributed by atoms with Crippen LogP contribution in [0.25, 0.3) is 0 Å². The van der Waals surface area contributed by atoms with E-state index in [4.69, 9.17) is 9.84 Å². The van der Waals surface area contributed by atoms with Gasteiger partial charge in [0, 0.05) is 17.5 Å². The van der Waals surface area contributed by atoms with Crippen LogP contribution < -0.4 is 14.8 Å². The Morgan fingerprint density at radius 3 is 2.48 bits per heavy atom. The number of carboxylic acids is 1. The summed E-state index contributed by atoms with van der Waals surface area (Å²) in [6, 6.07) is 3.81. The minimum atomic E-state index is -3.00. The van der Waals surface area contributed by atoms with Gasteiger partial charge in [-0.05, 0) is 38.5 Å². The molecule has 2 N–H and O–H groups in total. The Morgan fingerprint density at radius 2 is 1.96 bits per heavy atom. The Labute approximate surface area is 132 Å². The first-order valence-electron chi connectivity index (χ1n) is 6.82. The molecule has 0 saturated heterocycles. The van der Waals surface area contributed by atoms with Gasteiger partial charge < -0.3 is 19.9 Å². The molecule has 0 aliphatic heterocycles. The van der Waals surface area contributed by atoms with Crippen molar-refractivity contribution in [3.8, 4) is 11.5 Å². The second-order valence-electron chi connectivity index (χ2n) is 5.48. The lowest BCUT2D eigenvalue weighted by atomic mass is 9.97. The molecule has 0 bridgehead atoms. The Kier molecular flexibility index (Phi) is 6.29.